The summed E-state index contributed by atoms with van der Waals surface area (Å²) in [6.07, 6.45) is 3.37. The zero-order valence-corrected chi connectivity index (χ0v) is 18.3. The molecule has 0 atom stereocenters. The van der Waals surface area contributed by atoms with Gasteiger partial charge in [-0.05, 0) is 71.7 Å². The summed E-state index contributed by atoms with van der Waals surface area (Å²) in [5, 5.41) is 2.77. The van der Waals surface area contributed by atoms with Crippen LogP contribution in [0.2, 0.25) is 0 Å². The first-order valence-corrected chi connectivity index (χ1v) is 9.78. The van der Waals surface area contributed by atoms with Gasteiger partial charge in [-0.25, -0.2) is 0 Å². The Morgan fingerprint density at radius 1 is 1.21 bits per heavy atom. The molecule has 2 aromatic carbocycles. The summed E-state index contributed by atoms with van der Waals surface area (Å²) in [4.78, 5) is 24.7. The maximum Gasteiger partial charge on any atom is 0.248 e. The topological polar surface area (TPSA) is 73.9 Å². The van der Waals surface area contributed by atoms with E-state index < -0.39 is 5.60 Å². The van der Waals surface area contributed by atoms with Crippen LogP contribution < -0.4 is 19.5 Å². The molecule has 1 N–H and O–H groups in total. The largest absolute Gasteiger partial charge is 0.493 e. The predicted octanol–water partition coefficient (Wildman–Crippen LogP) is 4.86. The molecule has 152 valence electrons. The lowest BCUT2D eigenvalue weighted by molar-refractivity contribution is -0.111. The van der Waals surface area contributed by atoms with Gasteiger partial charge in [-0.1, -0.05) is 0 Å². The Kier molecular flexibility index (Phi) is 5.98. The van der Waals surface area contributed by atoms with Crippen LogP contribution in [0.5, 0.6) is 17.2 Å². The average Bonchev–Trinajstić information content (AvgIpc) is 2.65. The summed E-state index contributed by atoms with van der Waals surface area (Å²) in [5.74, 6) is 1.35. The first-order valence-electron chi connectivity index (χ1n) is 8.99. The SMILES string of the molecule is COc1cc(/C=C/C(=O)Nc2ccc3c(c2)C(=O)CC(C)(C)O3)cc(Br)c1OC. The van der Waals surface area contributed by atoms with Crippen LogP contribution in [0.15, 0.2) is 40.9 Å². The molecule has 0 aromatic heterocycles. The number of ketones is 1. The van der Waals surface area contributed by atoms with Crippen molar-refractivity contribution >= 4 is 39.4 Å². The highest BCUT2D eigenvalue weighted by Crippen LogP contribution is 2.37. The van der Waals surface area contributed by atoms with E-state index in [2.05, 4.69) is 21.2 Å². The molecular formula is C22H22BrNO5. The monoisotopic (exact) mass is 459 g/mol. The van der Waals surface area contributed by atoms with E-state index in [0.717, 1.165) is 10.0 Å². The number of carbonyl (C=O) groups is 2. The van der Waals surface area contributed by atoms with E-state index >= 15 is 0 Å². The van der Waals surface area contributed by atoms with Crippen LogP contribution >= 0.6 is 15.9 Å². The fourth-order valence-corrected chi connectivity index (χ4v) is 3.74. The highest BCUT2D eigenvalue weighted by molar-refractivity contribution is 9.10. The fraction of sp³-hybridized carbons (Fsp3) is 0.273. The van der Waals surface area contributed by atoms with Gasteiger partial charge in [0.25, 0.3) is 0 Å². The van der Waals surface area contributed by atoms with E-state index in [4.69, 9.17) is 14.2 Å². The fourth-order valence-electron chi connectivity index (χ4n) is 3.12. The molecule has 0 saturated carbocycles. The Labute approximate surface area is 178 Å². The number of nitrogens with one attached hydrogen (secondary N) is 1. The van der Waals surface area contributed by atoms with E-state index in [-0.39, 0.29) is 11.7 Å². The molecule has 0 bridgehead atoms. The van der Waals surface area contributed by atoms with Gasteiger partial charge < -0.3 is 19.5 Å². The lowest BCUT2D eigenvalue weighted by Gasteiger charge is -2.31. The molecule has 0 unspecified atom stereocenters. The zero-order valence-electron chi connectivity index (χ0n) is 16.7. The Hall–Kier alpha value is -2.80. The molecule has 29 heavy (non-hydrogen) atoms. The second-order valence-electron chi connectivity index (χ2n) is 7.23. The van der Waals surface area contributed by atoms with Crippen molar-refractivity contribution in [1.29, 1.82) is 0 Å². The average molecular weight is 460 g/mol. The third kappa shape index (κ3) is 4.79. The van der Waals surface area contributed by atoms with Crippen molar-refractivity contribution in [2.24, 2.45) is 0 Å². The van der Waals surface area contributed by atoms with Gasteiger partial charge in [-0.2, -0.15) is 0 Å². The molecule has 0 radical (unpaired) electrons. The number of amides is 1. The van der Waals surface area contributed by atoms with Crippen molar-refractivity contribution in [3.63, 3.8) is 0 Å². The highest BCUT2D eigenvalue weighted by atomic mass is 79.9. The summed E-state index contributed by atoms with van der Waals surface area (Å²) < 4.78 is 17.1. The highest BCUT2D eigenvalue weighted by Gasteiger charge is 2.32. The first kappa shape index (κ1) is 20.9. The first-order chi connectivity index (χ1) is 13.7. The molecule has 1 heterocycles. The lowest BCUT2D eigenvalue weighted by atomic mass is 9.93. The number of benzene rings is 2. The van der Waals surface area contributed by atoms with Crippen LogP contribution in [0.4, 0.5) is 5.69 Å². The second-order valence-corrected chi connectivity index (χ2v) is 8.09. The smallest absolute Gasteiger partial charge is 0.248 e. The maximum atomic E-state index is 12.4. The van der Waals surface area contributed by atoms with Crippen LogP contribution in [0, 0.1) is 0 Å². The quantitative estimate of drug-likeness (QED) is 0.646. The Morgan fingerprint density at radius 2 is 1.97 bits per heavy atom. The van der Waals surface area contributed by atoms with Crippen LogP contribution in [-0.2, 0) is 4.79 Å². The summed E-state index contributed by atoms with van der Waals surface area (Å²) in [6.45, 7) is 3.75. The van der Waals surface area contributed by atoms with Crippen molar-refractivity contribution in [2.75, 3.05) is 19.5 Å². The molecule has 0 saturated heterocycles. The molecule has 1 amide bonds. The standard InChI is InChI=1S/C22H22BrNO5/c1-22(2)12-17(25)15-11-14(6-7-18(15)29-22)24-20(26)8-5-13-9-16(23)21(28-4)19(10-13)27-3/h5-11H,12H2,1-4H3,(H,24,26)/b8-5+. The van der Waals surface area contributed by atoms with E-state index in [1.54, 1.807) is 44.6 Å². The number of methoxy groups -OCH3 is 2. The van der Waals surface area contributed by atoms with Crippen LogP contribution in [-0.4, -0.2) is 31.5 Å². The van der Waals surface area contributed by atoms with Crippen LogP contribution in [0.1, 0.15) is 36.2 Å². The number of hydrogen-bond acceptors (Lipinski definition) is 5. The van der Waals surface area contributed by atoms with Gasteiger partial charge in [-0.15, -0.1) is 0 Å². The number of halogens is 1. The van der Waals surface area contributed by atoms with Gasteiger partial charge >= 0.3 is 0 Å². The molecular weight excluding hydrogens is 438 g/mol. The normalized spacial score (nSPS) is 14.9. The van der Waals surface area contributed by atoms with E-state index in [9.17, 15) is 9.59 Å². The van der Waals surface area contributed by atoms with Crippen LogP contribution in [0.25, 0.3) is 6.08 Å². The van der Waals surface area contributed by atoms with Crippen molar-refractivity contribution < 1.29 is 23.8 Å². The van der Waals surface area contributed by atoms with Gasteiger partial charge in [-0.3, -0.25) is 9.59 Å². The molecule has 6 nitrogen and oxygen atoms in total. The minimum atomic E-state index is -0.523. The Balaban J connectivity index is 1.74. The van der Waals surface area contributed by atoms with E-state index in [1.807, 2.05) is 19.9 Å². The van der Waals surface area contributed by atoms with Crippen molar-refractivity contribution in [2.45, 2.75) is 25.9 Å². The Morgan fingerprint density at radius 3 is 2.66 bits per heavy atom. The number of rotatable bonds is 5. The number of hydrogen-bond donors (Lipinski definition) is 1. The molecule has 0 spiro atoms. The number of fused-ring (bicyclic) bond motifs is 1. The number of Topliss-reactive ketones (excluding diaryl/α,β-unsaturated/α-hetero) is 1. The van der Waals surface area contributed by atoms with Crippen LogP contribution in [0.3, 0.4) is 0 Å². The second kappa shape index (κ2) is 8.29. The van der Waals surface area contributed by atoms with Gasteiger partial charge in [0.05, 0.1) is 30.7 Å². The lowest BCUT2D eigenvalue weighted by Crippen LogP contribution is -2.35. The summed E-state index contributed by atoms with van der Waals surface area (Å²) in [7, 11) is 3.10. The maximum absolute atomic E-state index is 12.4. The molecule has 2 aromatic rings. The predicted molar refractivity (Wildman–Crippen MR) is 115 cm³/mol. The third-order valence-corrected chi connectivity index (χ3v) is 4.99. The zero-order chi connectivity index (χ0) is 21.2. The summed E-state index contributed by atoms with van der Waals surface area (Å²) >= 11 is 3.43. The Bertz CT molecular complexity index is 997. The summed E-state index contributed by atoms with van der Waals surface area (Å²) in [5.41, 5.74) is 1.25. The number of anilines is 1. The van der Waals surface area contributed by atoms with E-state index in [1.165, 1.54) is 6.08 Å². The summed E-state index contributed by atoms with van der Waals surface area (Å²) in [6, 6.07) is 8.66. The van der Waals surface area contributed by atoms with Gasteiger partial charge in [0.15, 0.2) is 17.3 Å². The van der Waals surface area contributed by atoms with Crippen molar-refractivity contribution in [1.82, 2.24) is 0 Å². The third-order valence-electron chi connectivity index (χ3n) is 4.40. The van der Waals surface area contributed by atoms with Gasteiger partial charge in [0.1, 0.15) is 11.4 Å². The van der Waals surface area contributed by atoms with Gasteiger partial charge in [0, 0.05) is 11.8 Å². The molecule has 0 aliphatic carbocycles. The molecule has 1 aliphatic heterocycles. The van der Waals surface area contributed by atoms with Crippen molar-refractivity contribution in [3.8, 4) is 17.2 Å². The van der Waals surface area contributed by atoms with E-state index in [0.29, 0.717) is 34.9 Å². The number of ether oxygens (including phenoxy) is 3. The minimum absolute atomic E-state index is 0.00179. The molecule has 1 aliphatic rings. The van der Waals surface area contributed by atoms with Gasteiger partial charge in [0.2, 0.25) is 5.91 Å². The molecule has 7 heteroatoms. The number of carbonyl (C=O) groups excluding carboxylic acids is 2. The van der Waals surface area contributed by atoms with Crippen molar-refractivity contribution in [3.05, 3.63) is 52.0 Å². The minimum Gasteiger partial charge on any atom is -0.493 e. The molecule has 0 fully saturated rings. The molecule has 3 rings (SSSR count).